The lowest BCUT2D eigenvalue weighted by Crippen LogP contribution is -2.40. The highest BCUT2D eigenvalue weighted by atomic mass is 16.5. The molecule has 1 fully saturated rings. The van der Waals surface area contributed by atoms with Gasteiger partial charge < -0.3 is 19.3 Å². The number of fused-ring (bicyclic) bond motifs is 14. The Morgan fingerprint density at radius 2 is 1.04 bits per heavy atom. The van der Waals surface area contributed by atoms with E-state index in [0.29, 0.717) is 0 Å². The van der Waals surface area contributed by atoms with Crippen molar-refractivity contribution in [3.05, 3.63) is 35.4 Å². The van der Waals surface area contributed by atoms with E-state index in [9.17, 15) is 0 Å². The minimum atomic E-state index is 0.805. The van der Waals surface area contributed by atoms with Crippen molar-refractivity contribution in [3.8, 4) is 0 Å². The van der Waals surface area contributed by atoms with Crippen molar-refractivity contribution in [3.63, 3.8) is 0 Å². The lowest BCUT2D eigenvalue weighted by atomic mass is 10.1. The van der Waals surface area contributed by atoms with E-state index in [0.717, 1.165) is 91.9 Å². The molecule has 4 bridgehead atoms. The fourth-order valence-corrected chi connectivity index (χ4v) is 3.88. The zero-order chi connectivity index (χ0) is 19.6. The van der Waals surface area contributed by atoms with Crippen LogP contribution in [0.1, 0.15) is 11.1 Å². The summed E-state index contributed by atoms with van der Waals surface area (Å²) in [4.78, 5) is 9.79. The van der Waals surface area contributed by atoms with Crippen LogP contribution in [0.2, 0.25) is 0 Å². The van der Waals surface area contributed by atoms with E-state index in [1.807, 2.05) is 0 Å². The summed E-state index contributed by atoms with van der Waals surface area (Å²) in [6.45, 7) is 13.3. The van der Waals surface area contributed by atoms with Crippen molar-refractivity contribution in [2.24, 2.45) is 0 Å². The standard InChI is InChI=1S/C22H38N4O2/c1-23-6-8-25-10-14-27-16-12-26(13-17-28-15-11-25)9-7-24(2)20-22-5-3-4-21(18-22)19-23/h3-5,18H,6-17,19-20H2,1-2H3. The van der Waals surface area contributed by atoms with E-state index in [2.05, 4.69) is 58.0 Å². The van der Waals surface area contributed by atoms with Gasteiger partial charge in [0.15, 0.2) is 0 Å². The zero-order valence-corrected chi connectivity index (χ0v) is 17.8. The molecule has 1 aromatic carbocycles. The molecular weight excluding hydrogens is 352 g/mol. The second kappa shape index (κ2) is 11.9. The van der Waals surface area contributed by atoms with Gasteiger partial charge >= 0.3 is 0 Å². The van der Waals surface area contributed by atoms with Gasteiger partial charge in [-0.05, 0) is 25.2 Å². The Kier molecular flexibility index (Phi) is 9.18. The van der Waals surface area contributed by atoms with E-state index in [1.54, 1.807) is 0 Å². The smallest absolute Gasteiger partial charge is 0.0594 e. The minimum absolute atomic E-state index is 0.805. The Bertz CT molecular complexity index is 514. The average molecular weight is 391 g/mol. The summed E-state index contributed by atoms with van der Waals surface area (Å²) in [6.07, 6.45) is 0. The molecular formula is C22H38N4O2. The lowest BCUT2D eigenvalue weighted by Gasteiger charge is -2.29. The summed E-state index contributed by atoms with van der Waals surface area (Å²) < 4.78 is 11.9. The summed E-state index contributed by atoms with van der Waals surface area (Å²) in [5, 5.41) is 0. The molecule has 6 nitrogen and oxygen atoms in total. The van der Waals surface area contributed by atoms with Crippen molar-refractivity contribution in [2.75, 3.05) is 92.9 Å². The second-order valence-corrected chi connectivity index (χ2v) is 8.20. The molecule has 0 spiro atoms. The minimum Gasteiger partial charge on any atom is -0.379 e. The number of nitrogens with zero attached hydrogens (tertiary/aromatic N) is 4. The van der Waals surface area contributed by atoms with Gasteiger partial charge in [0.25, 0.3) is 0 Å². The van der Waals surface area contributed by atoms with Crippen molar-refractivity contribution >= 4 is 0 Å². The highest BCUT2D eigenvalue weighted by Crippen LogP contribution is 2.10. The zero-order valence-electron chi connectivity index (χ0n) is 17.8. The van der Waals surface area contributed by atoms with Crippen LogP contribution in [0.4, 0.5) is 0 Å². The van der Waals surface area contributed by atoms with Crippen LogP contribution in [0.3, 0.4) is 0 Å². The molecule has 3 aliphatic heterocycles. The van der Waals surface area contributed by atoms with Crippen molar-refractivity contribution in [1.82, 2.24) is 19.6 Å². The monoisotopic (exact) mass is 390 g/mol. The molecule has 0 amide bonds. The summed E-state index contributed by atoms with van der Waals surface area (Å²) in [5.41, 5.74) is 2.80. The molecule has 0 atom stereocenters. The van der Waals surface area contributed by atoms with Crippen molar-refractivity contribution in [2.45, 2.75) is 13.1 Å². The number of rotatable bonds is 0. The second-order valence-electron chi connectivity index (χ2n) is 8.20. The molecule has 0 saturated carbocycles. The quantitative estimate of drug-likeness (QED) is 0.662. The number of likely N-dealkylation sites (N-methyl/N-ethyl adjacent to an activating group) is 2. The van der Waals surface area contributed by atoms with Crippen LogP contribution in [-0.4, -0.2) is 112 Å². The molecule has 6 heteroatoms. The highest BCUT2D eigenvalue weighted by molar-refractivity contribution is 5.23. The largest absolute Gasteiger partial charge is 0.379 e. The summed E-state index contributed by atoms with van der Waals surface area (Å²) in [7, 11) is 4.43. The summed E-state index contributed by atoms with van der Waals surface area (Å²) in [6, 6.07) is 9.07. The van der Waals surface area contributed by atoms with E-state index >= 15 is 0 Å². The van der Waals surface area contributed by atoms with E-state index < -0.39 is 0 Å². The maximum absolute atomic E-state index is 5.95. The lowest BCUT2D eigenvalue weighted by molar-refractivity contribution is 0.0342. The van der Waals surface area contributed by atoms with E-state index in [1.165, 1.54) is 11.1 Å². The van der Waals surface area contributed by atoms with Gasteiger partial charge in [-0.25, -0.2) is 0 Å². The Hall–Kier alpha value is -1.02. The normalized spacial score (nSPS) is 27.9. The van der Waals surface area contributed by atoms with Gasteiger partial charge in [-0.2, -0.15) is 0 Å². The average Bonchev–Trinajstić information content (AvgIpc) is 2.66. The Morgan fingerprint density at radius 1 is 0.607 bits per heavy atom. The molecule has 0 unspecified atom stereocenters. The Labute approximate surface area is 171 Å². The Morgan fingerprint density at radius 3 is 1.46 bits per heavy atom. The fraction of sp³-hybridized carbons (Fsp3) is 0.727. The number of hydrogen-bond acceptors (Lipinski definition) is 6. The molecule has 4 rings (SSSR count). The van der Waals surface area contributed by atoms with Crippen LogP contribution in [-0.2, 0) is 22.6 Å². The van der Waals surface area contributed by atoms with Crippen LogP contribution in [0.15, 0.2) is 24.3 Å². The van der Waals surface area contributed by atoms with Gasteiger partial charge in [-0.15, -0.1) is 0 Å². The molecule has 3 aliphatic rings. The first-order chi connectivity index (χ1) is 13.7. The number of ether oxygens (including phenoxy) is 2. The summed E-state index contributed by atoms with van der Waals surface area (Å²) in [5.74, 6) is 0. The molecule has 0 radical (unpaired) electrons. The van der Waals surface area contributed by atoms with Gasteiger partial charge in [-0.1, -0.05) is 24.3 Å². The van der Waals surface area contributed by atoms with Gasteiger partial charge in [0.05, 0.1) is 26.4 Å². The maximum atomic E-state index is 5.95. The van der Waals surface area contributed by atoms with Gasteiger partial charge in [-0.3, -0.25) is 9.80 Å². The summed E-state index contributed by atoms with van der Waals surface area (Å²) >= 11 is 0. The fourth-order valence-electron chi connectivity index (χ4n) is 3.88. The first-order valence-corrected chi connectivity index (χ1v) is 10.7. The molecule has 3 heterocycles. The predicted molar refractivity (Wildman–Crippen MR) is 114 cm³/mol. The Balaban J connectivity index is 1.71. The van der Waals surface area contributed by atoms with E-state index in [4.69, 9.17) is 9.47 Å². The topological polar surface area (TPSA) is 31.4 Å². The van der Waals surface area contributed by atoms with Crippen LogP contribution in [0.25, 0.3) is 0 Å². The third kappa shape index (κ3) is 7.78. The van der Waals surface area contributed by atoms with E-state index in [-0.39, 0.29) is 0 Å². The number of hydrogen-bond donors (Lipinski definition) is 0. The molecule has 0 aromatic heterocycles. The molecule has 0 N–H and O–H groups in total. The first-order valence-electron chi connectivity index (χ1n) is 10.7. The van der Waals surface area contributed by atoms with Crippen LogP contribution < -0.4 is 0 Å². The van der Waals surface area contributed by atoms with Gasteiger partial charge in [0.1, 0.15) is 0 Å². The number of benzene rings is 1. The molecule has 158 valence electrons. The van der Waals surface area contributed by atoms with Gasteiger partial charge in [0, 0.05) is 65.4 Å². The molecule has 0 aliphatic carbocycles. The SMILES string of the molecule is CN1CCN2CCOCCN(CCOCC2)CCN(C)Cc2cccc(c2)C1. The van der Waals surface area contributed by atoms with Crippen LogP contribution in [0, 0.1) is 0 Å². The maximum Gasteiger partial charge on any atom is 0.0594 e. The van der Waals surface area contributed by atoms with Crippen molar-refractivity contribution < 1.29 is 9.47 Å². The van der Waals surface area contributed by atoms with Crippen molar-refractivity contribution in [1.29, 1.82) is 0 Å². The molecule has 1 saturated heterocycles. The molecule has 1 aromatic rings. The van der Waals surface area contributed by atoms with Gasteiger partial charge in [0.2, 0.25) is 0 Å². The predicted octanol–water partition coefficient (Wildman–Crippen LogP) is 1.21. The van der Waals surface area contributed by atoms with Crippen LogP contribution >= 0.6 is 0 Å². The third-order valence-corrected chi connectivity index (χ3v) is 5.70. The molecule has 28 heavy (non-hydrogen) atoms. The van der Waals surface area contributed by atoms with Crippen LogP contribution in [0.5, 0.6) is 0 Å². The third-order valence-electron chi connectivity index (χ3n) is 5.70. The highest BCUT2D eigenvalue weighted by Gasteiger charge is 2.12. The first kappa shape index (κ1) is 21.7.